The predicted molar refractivity (Wildman–Crippen MR) is 239 cm³/mol. The van der Waals surface area contributed by atoms with E-state index in [-0.39, 0.29) is 24.2 Å². The number of carbonyl (C=O) groups excluding carboxylic acids is 1. The van der Waals surface area contributed by atoms with E-state index in [1.54, 1.807) is 6.92 Å². The summed E-state index contributed by atoms with van der Waals surface area (Å²) in [6.07, 6.45) is 10.9. The largest absolute Gasteiger partial charge is 0.545 e. The van der Waals surface area contributed by atoms with E-state index >= 15 is 0 Å². The van der Waals surface area contributed by atoms with Crippen molar-refractivity contribution in [3.05, 3.63) is 11.5 Å². The van der Waals surface area contributed by atoms with E-state index in [1.165, 1.54) is 25.7 Å². The van der Waals surface area contributed by atoms with Crippen LogP contribution in [0.25, 0.3) is 0 Å². The summed E-state index contributed by atoms with van der Waals surface area (Å²) in [6, 6.07) is -0.385. The lowest BCUT2D eigenvalue weighted by atomic mass is 10.0. The van der Waals surface area contributed by atoms with Crippen molar-refractivity contribution in [3.63, 3.8) is 0 Å². The average molecular weight is 839 g/mol. The summed E-state index contributed by atoms with van der Waals surface area (Å²) in [6.45, 7) is 44.4. The molecule has 52 heavy (non-hydrogen) atoms. The molecule has 0 aliphatic carbocycles. The summed E-state index contributed by atoms with van der Waals surface area (Å²) < 4.78 is 40.7. The second kappa shape index (κ2) is 22.6. The SMILES string of the molecule is CCCC(O[Si](C)(C)C)C(CCCCCCCC/C(O[Si](C)(C)C)=C(\O[Si](C)(C)C)C(O[Si](C)(C)C)C(CO[Si](C)(C)C)NC(C)=O)O[Si](C)(C)C. The molecule has 0 rings (SSSR count). The molecule has 0 aliphatic rings. The molecule has 4 atom stereocenters. The fourth-order valence-corrected chi connectivity index (χ4v) is 11.8. The van der Waals surface area contributed by atoms with Gasteiger partial charge in [0.1, 0.15) is 17.6 Å². The van der Waals surface area contributed by atoms with Gasteiger partial charge in [-0.3, -0.25) is 4.79 Å². The molecular formula is C38H87NO7Si6. The molecular weight excluding hydrogens is 751 g/mol. The average Bonchev–Trinajstić information content (AvgIpc) is 2.89. The van der Waals surface area contributed by atoms with Crippen molar-refractivity contribution in [2.24, 2.45) is 0 Å². The van der Waals surface area contributed by atoms with Crippen LogP contribution in [0, 0.1) is 0 Å². The molecule has 8 nitrogen and oxygen atoms in total. The molecule has 14 heteroatoms. The number of unbranched alkanes of at least 4 members (excludes halogenated alkanes) is 5. The van der Waals surface area contributed by atoms with Crippen LogP contribution in [0.3, 0.4) is 0 Å². The lowest BCUT2D eigenvalue weighted by Gasteiger charge is -2.39. The van der Waals surface area contributed by atoms with Crippen LogP contribution in [0.5, 0.6) is 0 Å². The van der Waals surface area contributed by atoms with Crippen molar-refractivity contribution in [3.8, 4) is 0 Å². The number of nitrogens with one attached hydrogen (secondary N) is 1. The number of carbonyl (C=O) groups is 1. The molecule has 0 saturated heterocycles. The van der Waals surface area contributed by atoms with Crippen LogP contribution in [-0.2, 0) is 31.4 Å². The van der Waals surface area contributed by atoms with Crippen LogP contribution < -0.4 is 5.32 Å². The van der Waals surface area contributed by atoms with Gasteiger partial charge in [-0.15, -0.1) is 0 Å². The van der Waals surface area contributed by atoms with E-state index in [2.05, 4.69) is 130 Å². The molecule has 0 fully saturated rings. The summed E-state index contributed by atoms with van der Waals surface area (Å²) in [5.41, 5.74) is 0. The summed E-state index contributed by atoms with van der Waals surface area (Å²) >= 11 is 0. The number of hydrogen-bond acceptors (Lipinski definition) is 7. The zero-order valence-electron chi connectivity index (χ0n) is 37.9. The highest BCUT2D eigenvalue weighted by atomic mass is 28.4. The van der Waals surface area contributed by atoms with Gasteiger partial charge < -0.3 is 31.9 Å². The van der Waals surface area contributed by atoms with Crippen LogP contribution in [0.15, 0.2) is 11.5 Å². The lowest BCUT2D eigenvalue weighted by molar-refractivity contribution is -0.120. The van der Waals surface area contributed by atoms with E-state index in [1.807, 2.05) is 0 Å². The third kappa shape index (κ3) is 28.4. The second-order valence-electron chi connectivity index (χ2n) is 20.6. The minimum absolute atomic E-state index is 0.101. The van der Waals surface area contributed by atoms with Crippen molar-refractivity contribution in [2.75, 3.05) is 6.61 Å². The fraction of sp³-hybridized carbons (Fsp3) is 0.921. The van der Waals surface area contributed by atoms with Crippen LogP contribution in [-0.4, -0.2) is 86.8 Å². The molecule has 4 unspecified atom stereocenters. The van der Waals surface area contributed by atoms with Gasteiger partial charge in [0.25, 0.3) is 0 Å². The molecule has 0 aromatic rings. The molecule has 0 radical (unpaired) electrons. The Hall–Kier alpha value is -0.0487. The van der Waals surface area contributed by atoms with Gasteiger partial charge in [-0.25, -0.2) is 0 Å². The molecule has 0 aromatic heterocycles. The standard InChI is InChI=1S/C38H87NO7Si6/c1-21-28-34(42-48(6,7)8)35(43-49(9,10)11)29-26-24-22-23-25-27-30-36(44-50(12,13)14)38(46-52(18,19)20)37(45-51(15,16)17)33(39-32(2)40)31-41-47(3,4)5/h33-35,37H,21-31H2,1-20H3,(H,39,40)/b38-36+. The number of rotatable bonds is 28. The third-order valence-corrected chi connectivity index (χ3v) is 13.2. The molecule has 1 N–H and O–H groups in total. The zero-order chi connectivity index (χ0) is 40.8. The van der Waals surface area contributed by atoms with Gasteiger partial charge >= 0.3 is 0 Å². The van der Waals surface area contributed by atoms with E-state index in [9.17, 15) is 4.79 Å². The topological polar surface area (TPSA) is 84.5 Å². The van der Waals surface area contributed by atoms with Gasteiger partial charge in [0.15, 0.2) is 33.3 Å². The first-order chi connectivity index (χ1) is 23.3. The molecule has 0 bridgehead atoms. The van der Waals surface area contributed by atoms with Gasteiger partial charge in [0.2, 0.25) is 22.5 Å². The normalized spacial score (nSPS) is 16.5. The van der Waals surface area contributed by atoms with Crippen molar-refractivity contribution in [2.45, 2.75) is 220 Å². The first-order valence-electron chi connectivity index (χ1n) is 20.4. The Morgan fingerprint density at radius 3 is 1.38 bits per heavy atom. The molecule has 310 valence electrons. The first kappa shape index (κ1) is 52.0. The molecule has 1 amide bonds. The van der Waals surface area contributed by atoms with E-state index in [0.29, 0.717) is 6.61 Å². The smallest absolute Gasteiger partial charge is 0.242 e. The van der Waals surface area contributed by atoms with Crippen LogP contribution in [0.2, 0.25) is 118 Å². The van der Waals surface area contributed by atoms with Crippen LogP contribution >= 0.6 is 0 Å². The van der Waals surface area contributed by atoms with Crippen molar-refractivity contribution in [1.82, 2.24) is 5.32 Å². The maximum absolute atomic E-state index is 12.6. The third-order valence-electron chi connectivity index (χ3n) is 7.45. The number of allylic oxidation sites excluding steroid dienone is 1. The zero-order valence-corrected chi connectivity index (χ0v) is 43.9. The molecule has 0 saturated carbocycles. The minimum atomic E-state index is -2.11. The van der Waals surface area contributed by atoms with Gasteiger partial charge in [0, 0.05) is 13.3 Å². The van der Waals surface area contributed by atoms with Crippen LogP contribution in [0.4, 0.5) is 0 Å². The van der Waals surface area contributed by atoms with Crippen LogP contribution in [0.1, 0.15) is 78.1 Å². The highest BCUT2D eigenvalue weighted by molar-refractivity contribution is 6.71. The Bertz CT molecular complexity index is 1050. The van der Waals surface area contributed by atoms with Crippen molar-refractivity contribution < 1.29 is 31.4 Å². The summed E-state index contributed by atoms with van der Waals surface area (Å²) in [7, 11) is -11.5. The minimum Gasteiger partial charge on any atom is -0.545 e. The first-order valence-corrected chi connectivity index (χ1v) is 40.8. The Morgan fingerprint density at radius 1 is 0.538 bits per heavy atom. The molecule has 0 heterocycles. The highest BCUT2D eigenvalue weighted by Crippen LogP contribution is 2.31. The Morgan fingerprint density at radius 2 is 0.981 bits per heavy atom. The summed E-state index contributed by atoms with van der Waals surface area (Å²) in [4.78, 5) is 12.6. The van der Waals surface area contributed by atoms with Crippen molar-refractivity contribution >= 4 is 55.8 Å². The van der Waals surface area contributed by atoms with E-state index in [4.69, 9.17) is 26.6 Å². The number of amides is 1. The summed E-state index contributed by atoms with van der Waals surface area (Å²) in [5.74, 6) is 1.58. The van der Waals surface area contributed by atoms with E-state index < -0.39 is 56.0 Å². The van der Waals surface area contributed by atoms with Gasteiger partial charge in [-0.1, -0.05) is 45.4 Å². The quantitative estimate of drug-likeness (QED) is 0.0477. The molecule has 0 spiro atoms. The maximum Gasteiger partial charge on any atom is 0.242 e. The maximum atomic E-state index is 12.6. The van der Waals surface area contributed by atoms with Gasteiger partial charge in [-0.2, -0.15) is 0 Å². The monoisotopic (exact) mass is 838 g/mol. The molecule has 0 aliphatic heterocycles. The predicted octanol–water partition coefficient (Wildman–Crippen LogP) is 11.8. The summed E-state index contributed by atoms with van der Waals surface area (Å²) in [5, 5.41) is 3.20. The Balaban J connectivity index is 6.14. The van der Waals surface area contributed by atoms with E-state index in [0.717, 1.165) is 50.0 Å². The number of hydrogen-bond donors (Lipinski definition) is 1. The van der Waals surface area contributed by atoms with Crippen molar-refractivity contribution in [1.29, 1.82) is 0 Å². The second-order valence-corrected chi connectivity index (χ2v) is 47.3. The highest BCUT2D eigenvalue weighted by Gasteiger charge is 2.39. The fourth-order valence-electron chi connectivity index (χ4n) is 5.87. The lowest BCUT2D eigenvalue weighted by Crippen LogP contribution is -2.53. The van der Waals surface area contributed by atoms with Gasteiger partial charge in [-0.05, 0) is 137 Å². The van der Waals surface area contributed by atoms with Gasteiger partial charge in [0.05, 0.1) is 24.9 Å². The molecule has 0 aromatic carbocycles. The Kier molecular flexibility index (Phi) is 22.6. The Labute approximate surface area is 329 Å².